The maximum absolute atomic E-state index is 12.7. The summed E-state index contributed by atoms with van der Waals surface area (Å²) in [6.07, 6.45) is 0. The van der Waals surface area contributed by atoms with Crippen LogP contribution < -0.4 is 94.0 Å². The zero-order chi connectivity index (χ0) is 26.5. The molecule has 21 heteroatoms. The Morgan fingerprint density at radius 2 is 1.34 bits per heavy atom. The van der Waals surface area contributed by atoms with Crippen LogP contribution in [0.4, 0.5) is 11.4 Å². The molecule has 3 aromatic carbocycles. The summed E-state index contributed by atoms with van der Waals surface area (Å²) in [4.78, 5) is 18.9. The van der Waals surface area contributed by atoms with E-state index in [1.54, 1.807) is 0 Å². The van der Waals surface area contributed by atoms with Crippen molar-refractivity contribution in [2.75, 3.05) is 5.32 Å². The Morgan fingerprint density at radius 1 is 0.789 bits per heavy atom. The summed E-state index contributed by atoms with van der Waals surface area (Å²) in [7, 11) is -16.5. The summed E-state index contributed by atoms with van der Waals surface area (Å²) < 4.78 is 105. The van der Waals surface area contributed by atoms with E-state index >= 15 is 0 Å². The van der Waals surface area contributed by atoms with Gasteiger partial charge in [0, 0.05) is 22.4 Å². The number of carbonyl (C=O) groups excluding carboxylic acids is 1. The van der Waals surface area contributed by atoms with Crippen LogP contribution in [0.2, 0.25) is 5.02 Å². The first-order valence-corrected chi connectivity index (χ1v) is 13.3. The monoisotopic (exact) mass is 632 g/mol. The minimum atomic E-state index is -5.63. The third-order valence-corrected chi connectivity index (χ3v) is 7.38. The molecule has 0 saturated carbocycles. The molecule has 3 rings (SSSR count). The molecular weight excluding hydrogens is 625 g/mol. The van der Waals surface area contributed by atoms with E-state index in [9.17, 15) is 53.8 Å². The van der Waals surface area contributed by atoms with Gasteiger partial charge >= 0.3 is 88.7 Å². The Morgan fingerprint density at radius 3 is 1.82 bits per heavy atom. The fourth-order valence-electron chi connectivity index (χ4n) is 3.05. The van der Waals surface area contributed by atoms with Gasteiger partial charge in [0.05, 0.1) is 25.3 Å². The molecule has 14 nitrogen and oxygen atoms in total. The number of rotatable bonds is 6. The summed E-state index contributed by atoms with van der Waals surface area (Å²) >= 11 is 5.68. The molecule has 0 heterocycles. The first-order valence-electron chi connectivity index (χ1n) is 8.65. The normalized spacial score (nSPS) is 11.5. The molecule has 0 aromatic heterocycles. The molecule has 1 N–H and O–H groups in total. The number of anilines is 1. The van der Waals surface area contributed by atoms with Crippen molar-refractivity contribution in [1.29, 1.82) is 0 Å². The first-order chi connectivity index (χ1) is 15.9. The van der Waals surface area contributed by atoms with E-state index in [1.165, 1.54) is 0 Å². The van der Waals surface area contributed by atoms with E-state index in [-0.39, 0.29) is 105 Å². The van der Waals surface area contributed by atoms with Crippen molar-refractivity contribution in [3.63, 3.8) is 0 Å². The molecule has 0 atom stereocenters. The van der Waals surface area contributed by atoms with Gasteiger partial charge in [0.25, 0.3) is 11.6 Å². The average Bonchev–Trinajstić information content (AvgIpc) is 2.70. The standard InChI is InChI=1S/C17H11ClN2O12S3.3Na/c18-11-2-1-8(5-13(11)20(22)23)17(21)19-12-3-4-14(34(27,28)29)10-6-9(33(24,25)26)7-15(16(10)12)35(30,31)32;;;/h1-7H,(H,19,21)(H,24,25,26)(H,27,28,29)(H,30,31,32);;;/q;3*+1/p-3. The minimum Gasteiger partial charge on any atom is -0.744 e. The number of hydrogen-bond donors (Lipinski definition) is 1. The molecule has 0 bridgehead atoms. The van der Waals surface area contributed by atoms with Gasteiger partial charge in [0.2, 0.25) is 0 Å². The van der Waals surface area contributed by atoms with Crippen molar-refractivity contribution in [2.45, 2.75) is 14.7 Å². The molecule has 0 fully saturated rings. The van der Waals surface area contributed by atoms with Crippen LogP contribution in [0.5, 0.6) is 0 Å². The van der Waals surface area contributed by atoms with Crippen LogP contribution in [0.15, 0.2) is 57.2 Å². The fourth-order valence-corrected chi connectivity index (χ4v) is 5.24. The van der Waals surface area contributed by atoms with E-state index in [4.69, 9.17) is 11.6 Å². The Balaban J connectivity index is 0.00000456. The predicted octanol–water partition coefficient (Wildman–Crippen LogP) is -7.62. The predicted molar refractivity (Wildman–Crippen MR) is 114 cm³/mol. The molecule has 38 heavy (non-hydrogen) atoms. The van der Waals surface area contributed by atoms with E-state index in [0.29, 0.717) is 12.1 Å². The first kappa shape index (κ1) is 37.8. The molecule has 186 valence electrons. The second-order valence-electron chi connectivity index (χ2n) is 6.70. The van der Waals surface area contributed by atoms with Crippen LogP contribution in [0.3, 0.4) is 0 Å². The summed E-state index contributed by atoms with van der Waals surface area (Å²) in [5.41, 5.74) is -1.63. The van der Waals surface area contributed by atoms with Crippen molar-refractivity contribution >= 4 is 70.0 Å². The van der Waals surface area contributed by atoms with Crippen LogP contribution in [-0.2, 0) is 30.4 Å². The van der Waals surface area contributed by atoms with Crippen LogP contribution in [-0.4, -0.2) is 49.7 Å². The molecule has 3 aromatic rings. The zero-order valence-electron chi connectivity index (χ0n) is 19.5. The summed E-state index contributed by atoms with van der Waals surface area (Å²) in [5.74, 6) is -1.13. The summed E-state index contributed by atoms with van der Waals surface area (Å²) in [5, 5.41) is 11.0. The van der Waals surface area contributed by atoms with Crippen LogP contribution in [0.25, 0.3) is 10.8 Å². The topological polar surface area (TPSA) is 244 Å². The Labute approximate surface area is 286 Å². The van der Waals surface area contributed by atoms with Gasteiger partial charge in [-0.1, -0.05) is 11.6 Å². The zero-order valence-corrected chi connectivity index (χ0v) is 28.7. The van der Waals surface area contributed by atoms with E-state index in [0.717, 1.165) is 24.3 Å². The van der Waals surface area contributed by atoms with Gasteiger partial charge in [-0.2, -0.15) is 0 Å². The number of fused-ring (bicyclic) bond motifs is 1. The van der Waals surface area contributed by atoms with Gasteiger partial charge in [0.15, 0.2) is 0 Å². The number of amides is 1. The van der Waals surface area contributed by atoms with E-state index in [1.807, 2.05) is 0 Å². The smallest absolute Gasteiger partial charge is 0.744 e. The van der Waals surface area contributed by atoms with E-state index < -0.39 is 78.0 Å². The summed E-state index contributed by atoms with van der Waals surface area (Å²) in [6, 6.07) is 4.65. The molecular formula is C17H8ClN2Na3O12S3. The van der Waals surface area contributed by atoms with Gasteiger partial charge < -0.3 is 19.0 Å². The summed E-state index contributed by atoms with van der Waals surface area (Å²) in [6.45, 7) is 0. The third-order valence-electron chi connectivity index (χ3n) is 4.49. The molecule has 0 saturated heterocycles. The van der Waals surface area contributed by atoms with Gasteiger partial charge in [0.1, 0.15) is 35.4 Å². The molecule has 0 aliphatic carbocycles. The van der Waals surface area contributed by atoms with Crippen LogP contribution >= 0.6 is 11.6 Å². The SMILES string of the molecule is O=C(Nc1ccc(S(=O)(=O)[O-])c2cc(S(=O)(=O)[O-])cc(S(=O)(=O)[O-])c12)c1ccc(Cl)c([N+](=O)[O-])c1.[Na+].[Na+].[Na+]. The Kier molecular flexibility index (Phi) is 13.6. The third kappa shape index (κ3) is 8.41. The maximum Gasteiger partial charge on any atom is 1.00 e. The van der Waals surface area contributed by atoms with Gasteiger partial charge in [-0.15, -0.1) is 0 Å². The number of benzene rings is 3. The second-order valence-corrected chi connectivity index (χ2v) is 11.2. The number of nitrogens with zero attached hydrogens (tertiary/aromatic N) is 1. The Hall–Kier alpha value is -0.190. The molecule has 0 unspecified atom stereocenters. The van der Waals surface area contributed by atoms with Crippen molar-refractivity contribution in [3.05, 3.63) is 63.2 Å². The van der Waals surface area contributed by atoms with Crippen molar-refractivity contribution in [2.24, 2.45) is 0 Å². The van der Waals surface area contributed by atoms with Crippen LogP contribution in [0.1, 0.15) is 10.4 Å². The number of nitrogens with one attached hydrogen (secondary N) is 1. The number of hydrogen-bond acceptors (Lipinski definition) is 12. The van der Waals surface area contributed by atoms with Gasteiger partial charge in [-0.3, -0.25) is 14.9 Å². The number of nitro groups is 1. The molecule has 0 aliphatic heterocycles. The molecule has 0 radical (unpaired) electrons. The minimum absolute atomic E-state index is 0. The van der Waals surface area contributed by atoms with Gasteiger partial charge in [-0.05, 0) is 36.4 Å². The molecule has 0 aliphatic rings. The van der Waals surface area contributed by atoms with E-state index in [2.05, 4.69) is 5.32 Å². The number of halogens is 1. The van der Waals surface area contributed by atoms with Crippen molar-refractivity contribution in [3.8, 4) is 0 Å². The molecule has 0 spiro atoms. The van der Waals surface area contributed by atoms with Crippen molar-refractivity contribution < 1.29 is 137 Å². The van der Waals surface area contributed by atoms with Crippen molar-refractivity contribution in [1.82, 2.24) is 0 Å². The number of nitro benzene ring substituents is 1. The van der Waals surface area contributed by atoms with Gasteiger partial charge in [-0.25, -0.2) is 25.3 Å². The van der Waals surface area contributed by atoms with Crippen LogP contribution in [0, 0.1) is 10.1 Å². The second kappa shape index (κ2) is 13.6. The molecule has 1 amide bonds. The number of carbonyl (C=O) groups is 1. The maximum atomic E-state index is 12.7. The quantitative estimate of drug-likeness (QED) is 0.115. The average molecular weight is 633 g/mol. The Bertz CT molecular complexity index is 1770. The largest absolute Gasteiger partial charge is 1.00 e. The fraction of sp³-hybridized carbons (Fsp3) is 0.